The molecular weight excluding hydrogens is 879 g/mol. The molecule has 0 amide bonds. The van der Waals surface area contributed by atoms with Crippen LogP contribution in [0.15, 0.2) is 286 Å². The molecular formula is C72H51N. The quantitative estimate of drug-likeness (QED) is 0.125. The topological polar surface area (TPSA) is 3.24 Å². The predicted octanol–water partition coefficient (Wildman–Crippen LogP) is 18.5. The fourth-order valence-corrected chi connectivity index (χ4v) is 12.3. The molecule has 0 N–H and O–H groups in total. The number of anilines is 3. The number of hydrogen-bond donors (Lipinski definition) is 0. The van der Waals surface area contributed by atoms with Crippen molar-refractivity contribution in [2.45, 2.75) is 10.8 Å². The first kappa shape index (κ1) is 43.7. The monoisotopic (exact) mass is 929 g/mol. The van der Waals surface area contributed by atoms with Crippen molar-refractivity contribution < 1.29 is 0 Å². The lowest BCUT2D eigenvalue weighted by atomic mass is 9.67. The number of nitrogens with zero attached hydrogens (tertiary/aromatic N) is 1. The first-order valence-electron chi connectivity index (χ1n) is 25.2. The van der Waals surface area contributed by atoms with E-state index in [4.69, 9.17) is 0 Å². The van der Waals surface area contributed by atoms with E-state index in [1.165, 1.54) is 83.5 Å². The Hall–Kier alpha value is -9.30. The van der Waals surface area contributed by atoms with Crippen molar-refractivity contribution in [2.75, 3.05) is 4.90 Å². The van der Waals surface area contributed by atoms with Crippen molar-refractivity contribution in [3.05, 3.63) is 342 Å². The van der Waals surface area contributed by atoms with Crippen LogP contribution in [0.1, 0.15) is 55.6 Å². The van der Waals surface area contributed by atoms with E-state index < -0.39 is 10.8 Å². The lowest BCUT2D eigenvalue weighted by molar-refractivity contribution is 0.767. The van der Waals surface area contributed by atoms with Gasteiger partial charge in [-0.1, -0.05) is 256 Å². The summed E-state index contributed by atoms with van der Waals surface area (Å²) in [5, 5.41) is 0. The second kappa shape index (κ2) is 17.8. The summed E-state index contributed by atoms with van der Waals surface area (Å²) in [6.45, 7) is 8.21. The van der Waals surface area contributed by atoms with Gasteiger partial charge in [0, 0.05) is 17.1 Å². The Balaban J connectivity index is 1.06. The number of hydrogen-bond acceptors (Lipinski definition) is 1. The van der Waals surface area contributed by atoms with Gasteiger partial charge in [0.25, 0.3) is 0 Å². The molecule has 11 aromatic carbocycles. The molecule has 1 nitrogen and oxygen atoms in total. The molecule has 13 rings (SSSR count). The summed E-state index contributed by atoms with van der Waals surface area (Å²) in [7, 11) is 0. The van der Waals surface area contributed by atoms with Crippen molar-refractivity contribution in [3.63, 3.8) is 0 Å². The third kappa shape index (κ3) is 6.92. The number of rotatable bonds is 11. The van der Waals surface area contributed by atoms with Crippen LogP contribution >= 0.6 is 0 Å². The molecule has 0 radical (unpaired) electrons. The van der Waals surface area contributed by atoms with Gasteiger partial charge in [-0.15, -0.1) is 0 Å². The van der Waals surface area contributed by atoms with Crippen LogP contribution in [-0.4, -0.2) is 0 Å². The molecule has 11 aromatic rings. The minimum Gasteiger partial charge on any atom is -0.310 e. The Morgan fingerprint density at radius 1 is 0.260 bits per heavy atom. The van der Waals surface area contributed by atoms with Crippen LogP contribution in [-0.2, 0) is 10.8 Å². The van der Waals surface area contributed by atoms with E-state index in [2.05, 4.69) is 291 Å². The number of fused-ring (bicyclic) bond motifs is 6. The molecule has 2 aliphatic carbocycles. The second-order valence-corrected chi connectivity index (χ2v) is 19.3. The van der Waals surface area contributed by atoms with Gasteiger partial charge in [0.15, 0.2) is 0 Å². The smallest absolute Gasteiger partial charge is 0.0714 e. The minimum atomic E-state index is -0.595. The molecule has 344 valence electrons. The fraction of sp³-hybridized carbons (Fsp3) is 0.0278. The molecule has 0 spiro atoms. The zero-order valence-electron chi connectivity index (χ0n) is 40.5. The van der Waals surface area contributed by atoms with Gasteiger partial charge in [-0.3, -0.25) is 0 Å². The van der Waals surface area contributed by atoms with Crippen LogP contribution in [0.2, 0.25) is 0 Å². The van der Waals surface area contributed by atoms with E-state index >= 15 is 0 Å². The maximum absolute atomic E-state index is 4.11. The molecule has 0 heterocycles. The average molecular weight is 930 g/mol. The Labute approximate surface area is 429 Å². The maximum Gasteiger partial charge on any atom is 0.0714 e. The van der Waals surface area contributed by atoms with Gasteiger partial charge in [-0.05, 0) is 143 Å². The Morgan fingerprint density at radius 3 is 1.07 bits per heavy atom. The van der Waals surface area contributed by atoms with Crippen molar-refractivity contribution >= 4 is 29.2 Å². The lowest BCUT2D eigenvalue weighted by Crippen LogP contribution is -2.29. The van der Waals surface area contributed by atoms with E-state index in [1.54, 1.807) is 0 Å². The molecule has 2 unspecified atom stereocenters. The van der Waals surface area contributed by atoms with Gasteiger partial charge in [0.2, 0.25) is 0 Å². The highest BCUT2D eigenvalue weighted by atomic mass is 15.1. The Kier molecular flexibility index (Phi) is 10.7. The normalized spacial score (nSPS) is 15.9. The Bertz CT molecular complexity index is 3660. The average Bonchev–Trinajstić information content (AvgIpc) is 3.94. The van der Waals surface area contributed by atoms with E-state index in [0.29, 0.717) is 0 Å². The van der Waals surface area contributed by atoms with Crippen LogP contribution in [0, 0.1) is 0 Å². The molecule has 0 fully saturated rings. The SMILES string of the molecule is C=Cc1ccc(C2(c3ccccc3)c3ccccc3-c3ccc(N(c4ccc(-c5cccc(-c6ccccc6)c5)cc4)c4ccc5c(c4)C(c4ccccc4)(c4ccc(C=C)cc4)c4ccccc4-5)cc32)cc1. The highest BCUT2D eigenvalue weighted by Gasteiger charge is 2.48. The molecule has 1 heteroatoms. The summed E-state index contributed by atoms with van der Waals surface area (Å²) in [5.74, 6) is 0. The molecule has 2 atom stereocenters. The van der Waals surface area contributed by atoms with Crippen LogP contribution in [0.25, 0.3) is 56.7 Å². The van der Waals surface area contributed by atoms with Crippen molar-refractivity contribution in [1.82, 2.24) is 0 Å². The summed E-state index contributed by atoms with van der Waals surface area (Å²) in [6.07, 6.45) is 3.85. The van der Waals surface area contributed by atoms with Gasteiger partial charge in [-0.2, -0.15) is 0 Å². The molecule has 73 heavy (non-hydrogen) atoms. The molecule has 0 bridgehead atoms. The van der Waals surface area contributed by atoms with Crippen LogP contribution in [0.4, 0.5) is 17.1 Å². The van der Waals surface area contributed by atoms with Crippen molar-refractivity contribution in [2.24, 2.45) is 0 Å². The highest BCUT2D eigenvalue weighted by Crippen LogP contribution is 2.59. The van der Waals surface area contributed by atoms with Crippen molar-refractivity contribution in [1.29, 1.82) is 0 Å². The molecule has 2 aliphatic rings. The first-order valence-corrected chi connectivity index (χ1v) is 25.2. The highest BCUT2D eigenvalue weighted by molar-refractivity contribution is 5.92. The third-order valence-corrected chi connectivity index (χ3v) is 15.6. The minimum absolute atomic E-state index is 0.595. The standard InChI is InChI=1S/C72H51N/c1-3-50-31-37-58(38-32-50)71(56-23-10-6-11-24-56)67-29-16-14-27-63(67)65-45-43-61(48-69(65)71)73(60-41-35-53(36-42-60)55-22-18-21-54(47-55)52-19-8-5-9-20-52)62-44-46-66-64-28-15-17-30-68(64)72(70(66)49-62,57-25-12-7-13-26-57)59-39-33-51(4-2)34-40-59/h3-49H,1-2H2. The zero-order valence-corrected chi connectivity index (χ0v) is 40.5. The first-order chi connectivity index (χ1) is 36.1. The maximum atomic E-state index is 4.11. The molecule has 0 aliphatic heterocycles. The predicted molar refractivity (Wildman–Crippen MR) is 307 cm³/mol. The van der Waals surface area contributed by atoms with Gasteiger partial charge in [-0.25, -0.2) is 0 Å². The van der Waals surface area contributed by atoms with Crippen LogP contribution in [0.3, 0.4) is 0 Å². The second-order valence-electron chi connectivity index (χ2n) is 19.3. The molecule has 0 aromatic heterocycles. The van der Waals surface area contributed by atoms with E-state index in [0.717, 1.165) is 33.8 Å². The van der Waals surface area contributed by atoms with E-state index in [1.807, 2.05) is 12.2 Å². The molecule has 0 saturated carbocycles. The lowest BCUT2D eigenvalue weighted by Gasteiger charge is -2.36. The van der Waals surface area contributed by atoms with Crippen LogP contribution < -0.4 is 4.90 Å². The van der Waals surface area contributed by atoms with Gasteiger partial charge in [0.1, 0.15) is 0 Å². The van der Waals surface area contributed by atoms with Gasteiger partial charge < -0.3 is 4.90 Å². The van der Waals surface area contributed by atoms with Crippen LogP contribution in [0.5, 0.6) is 0 Å². The number of benzene rings is 11. The van der Waals surface area contributed by atoms with Gasteiger partial charge >= 0.3 is 0 Å². The fourth-order valence-electron chi connectivity index (χ4n) is 12.3. The van der Waals surface area contributed by atoms with Gasteiger partial charge in [0.05, 0.1) is 10.8 Å². The summed E-state index contributed by atoms with van der Waals surface area (Å²) in [6, 6.07) is 101. The van der Waals surface area contributed by atoms with E-state index in [-0.39, 0.29) is 0 Å². The summed E-state index contributed by atoms with van der Waals surface area (Å²) in [5.41, 5.74) is 23.8. The Morgan fingerprint density at radius 2 is 0.616 bits per heavy atom. The zero-order chi connectivity index (χ0) is 48.9. The third-order valence-electron chi connectivity index (χ3n) is 15.6. The summed E-state index contributed by atoms with van der Waals surface area (Å²) < 4.78 is 0. The molecule has 0 saturated heterocycles. The van der Waals surface area contributed by atoms with Crippen molar-refractivity contribution in [3.8, 4) is 44.5 Å². The van der Waals surface area contributed by atoms with E-state index in [9.17, 15) is 0 Å². The summed E-state index contributed by atoms with van der Waals surface area (Å²) in [4.78, 5) is 2.48. The summed E-state index contributed by atoms with van der Waals surface area (Å²) >= 11 is 0. The largest absolute Gasteiger partial charge is 0.310 e.